The fraction of sp³-hybridized carbons (Fsp3) is 0.157. The van der Waals surface area contributed by atoms with E-state index in [4.69, 9.17) is 29.2 Å². The predicted molar refractivity (Wildman–Crippen MR) is 516 cm³/mol. The molecule has 125 heavy (non-hydrogen) atoms. The van der Waals surface area contributed by atoms with Crippen molar-refractivity contribution in [2.24, 2.45) is 0 Å². The Balaban J connectivity index is 0.000000132. The Morgan fingerprint density at radius 2 is 0.800 bits per heavy atom. The Morgan fingerprint density at radius 1 is 0.368 bits per heavy atom. The molecule has 0 N–H and O–H groups in total. The zero-order valence-electron chi connectivity index (χ0n) is 71.9. The van der Waals surface area contributed by atoms with Crippen LogP contribution in [-0.2, 0) is 37.3 Å². The van der Waals surface area contributed by atoms with E-state index in [-0.39, 0.29) is 67.3 Å². The Morgan fingerprint density at radius 3 is 1.34 bits per heavy atom. The molecule has 0 amide bonds. The normalized spacial score (nSPS) is 12.1. The fourth-order valence-electron chi connectivity index (χ4n) is 16.7. The Bertz CT molecular complexity index is 7310. The summed E-state index contributed by atoms with van der Waals surface area (Å²) in [4.78, 5) is 18.9. The molecular formula is C108H96IN12O3Pt-. The van der Waals surface area contributed by atoms with Gasteiger partial charge in [0, 0.05) is 120 Å². The van der Waals surface area contributed by atoms with Crippen LogP contribution in [0, 0.1) is 19.1 Å². The smallest absolute Gasteiger partial charge is 0.247 e. The van der Waals surface area contributed by atoms with Crippen LogP contribution in [0.4, 0.5) is 0 Å². The predicted octanol–water partition coefficient (Wildman–Crippen LogP) is 27.6. The standard InChI is InChI=1S/C37H34N4O.C37H33N4O.C34H28N4O.HI.Pt/c2*1-25(2)39-24-40(34-16-9-8-15-33(34)39)27-11-10-12-28(22-27)42-29-17-18-31-30-13-6-7-14-32(30)41(35(31)23-29)36-21-26(19-20-38-36)37(3,4)5;1-34(2,3)23-17-18-35-33(19-23)38-30-13-6-4-11-27(30)28-16-15-26(21-32(28)38)39-25-10-8-9-24(20-25)37-22-36-29-12-5-7-14-31(29)37;;/h6-25H,1H2,2-5H3;6-21,24-25H,1-5H3;4-22H,1-3H3;1H;/q;-1;;;. The minimum atomic E-state index is 0. The van der Waals surface area contributed by atoms with Crippen LogP contribution in [0.5, 0.6) is 34.5 Å². The van der Waals surface area contributed by atoms with Gasteiger partial charge in [-0.2, -0.15) is 16.7 Å². The van der Waals surface area contributed by atoms with E-state index in [1.165, 1.54) is 43.8 Å². The molecule has 0 spiro atoms. The number of rotatable bonds is 14. The average molecular weight is 1930 g/mol. The van der Waals surface area contributed by atoms with Crippen LogP contribution in [0.3, 0.4) is 0 Å². The summed E-state index contributed by atoms with van der Waals surface area (Å²) in [6, 6.07) is 110. The number of pyridine rings is 3. The first-order valence-corrected chi connectivity index (χ1v) is 42.0. The molecule has 0 saturated carbocycles. The minimum absolute atomic E-state index is 0. The molecule has 0 bridgehead atoms. The van der Waals surface area contributed by atoms with E-state index in [1.54, 1.807) is 0 Å². The van der Waals surface area contributed by atoms with E-state index in [1.807, 2.05) is 104 Å². The second-order valence-electron chi connectivity index (χ2n) is 35.0. The van der Waals surface area contributed by atoms with E-state index in [9.17, 15) is 0 Å². The molecule has 21 aromatic rings. The van der Waals surface area contributed by atoms with Crippen molar-refractivity contribution in [1.82, 2.24) is 51.9 Å². The van der Waals surface area contributed by atoms with Gasteiger partial charge < -0.3 is 18.8 Å². The van der Waals surface area contributed by atoms with Gasteiger partial charge in [-0.25, -0.2) is 29.1 Å². The summed E-state index contributed by atoms with van der Waals surface area (Å²) in [5.74, 6) is 7.01. The number of ether oxygens (including phenoxy) is 3. The fourth-order valence-corrected chi connectivity index (χ4v) is 16.7. The molecule has 21 rings (SSSR count). The van der Waals surface area contributed by atoms with Crippen molar-refractivity contribution >= 4 is 122 Å². The molecule has 624 valence electrons. The Kier molecular flexibility index (Phi) is 22.9. The van der Waals surface area contributed by atoms with Gasteiger partial charge in [-0.3, -0.25) is 25.2 Å². The van der Waals surface area contributed by atoms with Gasteiger partial charge in [0.25, 0.3) is 0 Å². The van der Waals surface area contributed by atoms with Gasteiger partial charge in [0.15, 0.2) is 28.4 Å². The number of benzene rings is 12. The van der Waals surface area contributed by atoms with Crippen molar-refractivity contribution in [2.75, 3.05) is 0 Å². The van der Waals surface area contributed by atoms with E-state index in [0.29, 0.717) is 17.5 Å². The van der Waals surface area contributed by atoms with Crippen LogP contribution in [-0.4, -0.2) is 51.9 Å². The molecule has 1 atom stereocenters. The van der Waals surface area contributed by atoms with Crippen molar-refractivity contribution in [3.05, 3.63) is 371 Å². The second-order valence-corrected chi connectivity index (χ2v) is 35.0. The molecular weight excluding hydrogens is 1840 g/mol. The SMILES string of the molecule is CC(C)(C)c1ccnc(-n2c3ccccc3c3ccc(Oc4cccc(-n5cnc6ccccc65)c4)cc32)c1.CC(C)n1[cH+]n(-c2[c-]c(Oc3[c-]c4c(cc3)c3ccccc3n4-c3cc(C(C)(C)C)ccn3)ccc2)c2ccccc21.I.[CH2-]C(C)[n+]1cn(-c2cccc(Oc3ccc4c5ccccc5n(-c5cc(C(C)(C)C)ccn5)c4c3)c2)c2ccccc21.[Pt]. The van der Waals surface area contributed by atoms with Crippen molar-refractivity contribution in [2.45, 2.75) is 111 Å². The maximum absolute atomic E-state index is 6.51. The Hall–Kier alpha value is -13.3. The molecule has 0 fully saturated rings. The molecule has 0 radical (unpaired) electrons. The van der Waals surface area contributed by atoms with Gasteiger partial charge in [-0.1, -0.05) is 172 Å². The monoisotopic (exact) mass is 1930 g/mol. The second kappa shape index (κ2) is 34.1. The number of para-hydroxylation sites is 9. The third-order valence-corrected chi connectivity index (χ3v) is 23.1. The van der Waals surface area contributed by atoms with Crippen molar-refractivity contribution < 1.29 is 39.8 Å². The van der Waals surface area contributed by atoms with Crippen LogP contribution in [0.25, 0.3) is 133 Å². The van der Waals surface area contributed by atoms with Crippen LogP contribution in [0.15, 0.2) is 335 Å². The molecule has 9 aromatic heterocycles. The van der Waals surface area contributed by atoms with Crippen molar-refractivity contribution in [3.63, 3.8) is 0 Å². The Labute approximate surface area is 759 Å². The number of imidazole rings is 3. The summed E-state index contributed by atoms with van der Waals surface area (Å²) in [5, 5.41) is 6.98. The van der Waals surface area contributed by atoms with Crippen LogP contribution in [0.2, 0.25) is 0 Å². The number of halogens is 1. The van der Waals surface area contributed by atoms with Crippen molar-refractivity contribution in [1.29, 1.82) is 0 Å². The van der Waals surface area contributed by atoms with Crippen LogP contribution < -0.4 is 18.8 Å². The number of fused-ring (bicyclic) bond motifs is 12. The quantitative estimate of drug-likeness (QED) is 0.0604. The minimum Gasteiger partial charge on any atom is -0.508 e. The number of hydrogen-bond acceptors (Lipinski definition) is 7. The average Bonchev–Trinajstić information content (AvgIpc) is 1.58. The summed E-state index contributed by atoms with van der Waals surface area (Å²) >= 11 is 0. The van der Waals surface area contributed by atoms with E-state index < -0.39 is 0 Å². The molecule has 0 aliphatic heterocycles. The number of hydrogen-bond donors (Lipinski definition) is 0. The van der Waals surface area contributed by atoms with E-state index in [0.717, 1.165) is 129 Å². The maximum atomic E-state index is 6.51. The molecule has 1 unspecified atom stereocenters. The zero-order chi connectivity index (χ0) is 84.6. The van der Waals surface area contributed by atoms with Gasteiger partial charge in [0.1, 0.15) is 52.5 Å². The van der Waals surface area contributed by atoms with Crippen molar-refractivity contribution in [3.8, 4) is 69.0 Å². The van der Waals surface area contributed by atoms with E-state index >= 15 is 0 Å². The summed E-state index contributed by atoms with van der Waals surface area (Å²) in [7, 11) is 0. The molecule has 9 heterocycles. The largest absolute Gasteiger partial charge is 0.508 e. The van der Waals surface area contributed by atoms with Gasteiger partial charge in [-0.15, -0.1) is 53.6 Å². The third kappa shape index (κ3) is 16.4. The molecule has 0 saturated heterocycles. The zero-order valence-corrected chi connectivity index (χ0v) is 76.5. The van der Waals surface area contributed by atoms with Gasteiger partial charge in [0.2, 0.25) is 6.33 Å². The topological polar surface area (TPSA) is 118 Å². The summed E-state index contributed by atoms with van der Waals surface area (Å²) in [5.41, 5.74) is 19.7. The van der Waals surface area contributed by atoms with Gasteiger partial charge in [-0.05, 0) is 198 Å². The molecule has 0 aliphatic rings. The number of aromatic nitrogens is 12. The maximum Gasteiger partial charge on any atom is 0.247 e. The van der Waals surface area contributed by atoms with Gasteiger partial charge in [0.05, 0.1) is 44.8 Å². The molecule has 17 heteroatoms. The number of nitrogens with zero attached hydrogens (tertiary/aromatic N) is 12. The summed E-state index contributed by atoms with van der Waals surface area (Å²) in [6.07, 6.45) is 11.8. The molecule has 15 nitrogen and oxygen atoms in total. The third-order valence-electron chi connectivity index (χ3n) is 23.1. The van der Waals surface area contributed by atoms with Crippen LogP contribution in [0.1, 0.15) is 112 Å². The van der Waals surface area contributed by atoms with Crippen LogP contribution >= 0.6 is 24.0 Å². The van der Waals surface area contributed by atoms with E-state index in [2.05, 4.69) is 375 Å². The summed E-state index contributed by atoms with van der Waals surface area (Å²) in [6.45, 7) is 30.8. The van der Waals surface area contributed by atoms with Gasteiger partial charge >= 0.3 is 0 Å². The molecule has 12 aromatic carbocycles. The first-order chi connectivity index (χ1) is 59.5. The first kappa shape index (κ1) is 84.0. The first-order valence-electron chi connectivity index (χ1n) is 42.0. The molecule has 0 aliphatic carbocycles. The summed E-state index contributed by atoms with van der Waals surface area (Å²) < 4.78 is 36.9.